The van der Waals surface area contributed by atoms with Crippen LogP contribution in [0.15, 0.2) is 516 Å². The number of aromatic nitrogens is 5. The molecule has 0 saturated heterocycles. The fourth-order valence-corrected chi connectivity index (χ4v) is 22.3. The van der Waals surface area contributed by atoms with Crippen LogP contribution in [0.5, 0.6) is 0 Å². The van der Waals surface area contributed by atoms with E-state index >= 15 is 0 Å². The van der Waals surface area contributed by atoms with Gasteiger partial charge in [0, 0.05) is 111 Å². The van der Waals surface area contributed by atoms with Crippen LogP contribution < -0.4 is 9.80 Å². The van der Waals surface area contributed by atoms with Crippen LogP contribution in [0, 0.1) is 0 Å². The van der Waals surface area contributed by atoms with Crippen molar-refractivity contribution < 1.29 is 0 Å². The largest absolute Gasteiger partial charge is 0.311 e. The van der Waals surface area contributed by atoms with Gasteiger partial charge in [-0.15, -0.1) is 11.3 Å². The Labute approximate surface area is 796 Å². The number of hydrogen-bond acceptors (Lipinski definition) is 4. The number of thiazole rings is 1. The Morgan fingerprint density at radius 3 is 1.04 bits per heavy atom. The second-order valence-corrected chi connectivity index (χ2v) is 36.3. The van der Waals surface area contributed by atoms with Gasteiger partial charge in [-0.2, -0.15) is 0 Å². The van der Waals surface area contributed by atoms with Crippen LogP contribution in [0.1, 0.15) is 0 Å². The molecule has 0 fully saturated rings. The molecule has 0 aliphatic carbocycles. The van der Waals surface area contributed by atoms with Crippen molar-refractivity contribution in [3.63, 3.8) is 0 Å². The van der Waals surface area contributed by atoms with Gasteiger partial charge in [0.1, 0.15) is 5.01 Å². The Kier molecular flexibility index (Phi) is 19.7. The maximum Gasteiger partial charge on any atom is 0.125 e. The maximum absolute atomic E-state index is 5.49. The first-order valence-corrected chi connectivity index (χ1v) is 47.6. The molecule has 0 aliphatic rings. The highest BCUT2D eigenvalue weighted by molar-refractivity contribution is 7.21. The lowest BCUT2D eigenvalue weighted by Gasteiger charge is -2.26. The summed E-state index contributed by atoms with van der Waals surface area (Å²) in [6.07, 6.45) is 0. The Bertz CT molecular complexity index is 9210. The van der Waals surface area contributed by atoms with Crippen molar-refractivity contribution in [2.75, 3.05) is 9.80 Å². The van der Waals surface area contributed by atoms with Crippen LogP contribution >= 0.6 is 11.3 Å². The molecule has 27 aromatic rings. The molecule has 5 heterocycles. The molecule has 0 bridgehead atoms. The van der Waals surface area contributed by atoms with Crippen molar-refractivity contribution in [3.8, 4) is 89.0 Å². The van der Waals surface area contributed by atoms with Gasteiger partial charge >= 0.3 is 0 Å². The SMILES string of the molecule is c1ccc(N(c2ccccc2)c2ccc(-c3ccc(-c4c(-c5nc6ccccc6s5)c5c6ccccc6n(-c6ccccc6)c5c5c4c4ccccc4n5-c4ccccc4)cc3)cc2)cc1.c1ccc(N(c2ccccc2)c2cccc(-c3cccc(-c4cccc(-c5cc6c7ccccc7n(-c7ccc8ccccc8c7)c6c6c5c5ccccc5n6-c5ccc6ccccc6c5)c4)c3)c2)cc1. The zero-order valence-electron chi connectivity index (χ0n) is 74.6. The highest BCUT2D eigenvalue weighted by Gasteiger charge is 2.32. The van der Waals surface area contributed by atoms with E-state index in [2.05, 4.69) is 544 Å². The molecule has 0 spiro atoms. The minimum atomic E-state index is 1.01. The summed E-state index contributed by atoms with van der Waals surface area (Å²) in [5.74, 6) is 0. The van der Waals surface area contributed by atoms with E-state index in [9.17, 15) is 0 Å². The van der Waals surface area contributed by atoms with E-state index in [1.54, 1.807) is 11.3 Å². The zero-order valence-corrected chi connectivity index (χ0v) is 75.4. The molecule has 5 aromatic heterocycles. The predicted octanol–water partition coefficient (Wildman–Crippen LogP) is 35.6. The van der Waals surface area contributed by atoms with Crippen molar-refractivity contribution in [3.05, 3.63) is 516 Å². The summed E-state index contributed by atoms with van der Waals surface area (Å²) in [6, 6.07) is 187. The van der Waals surface area contributed by atoms with E-state index in [1.807, 2.05) is 0 Å². The molecule has 137 heavy (non-hydrogen) atoms. The van der Waals surface area contributed by atoms with Crippen LogP contribution in [0.3, 0.4) is 0 Å². The van der Waals surface area contributed by atoms with E-state index in [-0.39, 0.29) is 0 Å². The first kappa shape index (κ1) is 80.0. The highest BCUT2D eigenvalue weighted by atomic mass is 32.1. The lowest BCUT2D eigenvalue weighted by atomic mass is 9.90. The lowest BCUT2D eigenvalue weighted by molar-refractivity contribution is 1.15. The summed E-state index contributed by atoms with van der Waals surface area (Å²) in [4.78, 5) is 10.1. The molecule has 0 amide bonds. The third kappa shape index (κ3) is 13.8. The van der Waals surface area contributed by atoms with Gasteiger partial charge < -0.3 is 28.1 Å². The van der Waals surface area contributed by atoms with E-state index in [1.165, 1.54) is 130 Å². The number of nitrogens with zero attached hydrogens (tertiary/aromatic N) is 7. The number of hydrogen-bond donors (Lipinski definition) is 0. The Hall–Kier alpha value is -18.0. The molecule has 0 aliphatic heterocycles. The van der Waals surface area contributed by atoms with Crippen molar-refractivity contribution in [2.45, 2.75) is 0 Å². The zero-order chi connectivity index (χ0) is 90.4. The highest BCUT2D eigenvalue weighted by Crippen LogP contribution is 2.55. The number of fused-ring (bicyclic) bond motifs is 17. The van der Waals surface area contributed by atoms with E-state index < -0.39 is 0 Å². The number of para-hydroxylation sites is 11. The average molecular weight is 1770 g/mol. The summed E-state index contributed by atoms with van der Waals surface area (Å²) in [7, 11) is 0. The van der Waals surface area contributed by atoms with Crippen molar-refractivity contribution in [2.24, 2.45) is 0 Å². The third-order valence-electron chi connectivity index (χ3n) is 27.3. The molecule has 0 unspecified atom stereocenters. The quantitative estimate of drug-likeness (QED) is 0.0968. The van der Waals surface area contributed by atoms with Crippen molar-refractivity contribution >= 4 is 164 Å². The molecule has 0 radical (unpaired) electrons. The molecule has 0 N–H and O–H groups in total. The first-order valence-electron chi connectivity index (χ1n) is 46.8. The molecular formula is C129H85N7S. The average Bonchev–Trinajstić information content (AvgIpc) is 1.53. The maximum atomic E-state index is 5.49. The van der Waals surface area contributed by atoms with Gasteiger partial charge in [0.15, 0.2) is 0 Å². The Morgan fingerprint density at radius 2 is 0.533 bits per heavy atom. The standard InChI is InChI=1S/C68H45N3.C61H40N4S/c1-3-27-55(28-4-1)69(56-29-5-2-6-30-56)57-31-17-25-53(44-57)49-23-15-22-48(40-49)50-24-16-26-54(41-50)62-45-63-60-32-11-13-34-64(60)70(58-38-36-46-18-7-9-20-51(46)42-58)67(63)68-66(62)61-33-12-14-35-65(61)71(68)59-39-37-47-19-8-10-21-52(47)43-59;1-5-19-44(20-6-1)63(45-21-7-2-8-22-45)48-39-37-42(38-40-48)41-33-35-43(36-34-41)55-56-49-27-13-16-30-52(49)64(46-23-9-3-10-24-46)59(56)60-57(58(55)61-62-51-29-15-18-32-54(51)66-61)50-28-14-17-31-53(50)65(60)47-25-11-4-12-26-47/h1-45H;1-40H. The topological polar surface area (TPSA) is 39.1 Å². The van der Waals surface area contributed by atoms with E-state index in [0.717, 1.165) is 112 Å². The van der Waals surface area contributed by atoms with Gasteiger partial charge in [-0.3, -0.25) is 0 Å². The fourth-order valence-electron chi connectivity index (χ4n) is 21.3. The van der Waals surface area contributed by atoms with Gasteiger partial charge in [-0.1, -0.05) is 340 Å². The third-order valence-corrected chi connectivity index (χ3v) is 28.4. The minimum absolute atomic E-state index is 1.01. The number of benzene rings is 22. The molecular weight excluding hydrogens is 1680 g/mol. The van der Waals surface area contributed by atoms with Crippen LogP contribution in [0.2, 0.25) is 0 Å². The molecule has 27 rings (SSSR count). The Morgan fingerprint density at radius 1 is 0.190 bits per heavy atom. The van der Waals surface area contributed by atoms with Crippen molar-refractivity contribution in [1.29, 1.82) is 0 Å². The summed E-state index contributed by atoms with van der Waals surface area (Å²) in [5, 5.41) is 15.6. The van der Waals surface area contributed by atoms with Gasteiger partial charge in [0.2, 0.25) is 0 Å². The smallest absolute Gasteiger partial charge is 0.125 e. The monoisotopic (exact) mass is 1760 g/mol. The predicted molar refractivity (Wildman–Crippen MR) is 580 cm³/mol. The van der Waals surface area contributed by atoms with E-state index in [0.29, 0.717) is 0 Å². The summed E-state index contributed by atoms with van der Waals surface area (Å²) in [6.45, 7) is 0. The summed E-state index contributed by atoms with van der Waals surface area (Å²) < 4.78 is 11.2. The minimum Gasteiger partial charge on any atom is -0.311 e. The van der Waals surface area contributed by atoms with Gasteiger partial charge in [0.25, 0.3) is 0 Å². The van der Waals surface area contributed by atoms with Crippen LogP contribution in [-0.2, 0) is 0 Å². The number of rotatable bonds is 16. The van der Waals surface area contributed by atoms with Gasteiger partial charge in [0.05, 0.1) is 54.4 Å². The van der Waals surface area contributed by atoms with Gasteiger partial charge in [-0.25, -0.2) is 4.98 Å². The Balaban J connectivity index is 0.000000142. The summed E-state index contributed by atoms with van der Waals surface area (Å²) in [5.41, 5.74) is 34.4. The molecule has 642 valence electrons. The molecule has 0 saturated carbocycles. The van der Waals surface area contributed by atoms with Crippen LogP contribution in [0.4, 0.5) is 34.1 Å². The van der Waals surface area contributed by atoms with E-state index in [4.69, 9.17) is 4.98 Å². The second kappa shape index (κ2) is 33.7. The van der Waals surface area contributed by atoms with Crippen molar-refractivity contribution in [1.82, 2.24) is 23.3 Å². The molecule has 8 heteroatoms. The van der Waals surface area contributed by atoms with Crippen LogP contribution in [-0.4, -0.2) is 23.3 Å². The second-order valence-electron chi connectivity index (χ2n) is 35.2. The lowest BCUT2D eigenvalue weighted by Crippen LogP contribution is -2.09. The number of anilines is 6. The normalized spacial score (nSPS) is 11.6. The molecule has 0 atom stereocenters. The van der Waals surface area contributed by atoms with Gasteiger partial charge in [-0.05, 0) is 248 Å². The first-order chi connectivity index (χ1) is 68.0. The molecule has 22 aromatic carbocycles. The van der Waals surface area contributed by atoms with Crippen LogP contribution in [0.25, 0.3) is 208 Å². The fraction of sp³-hybridized carbons (Fsp3) is 0. The summed E-state index contributed by atoms with van der Waals surface area (Å²) >= 11 is 1.77. The molecule has 7 nitrogen and oxygen atoms in total.